The SMILES string of the molecule is Nc1cc(Cl)c(F)c(S(=O)(=O)Nc2c(F)cccc2F)c1. The molecule has 0 atom stereocenters. The van der Waals surface area contributed by atoms with Crippen LogP contribution in [-0.2, 0) is 10.0 Å². The van der Waals surface area contributed by atoms with Gasteiger partial charge in [-0.3, -0.25) is 4.72 Å². The van der Waals surface area contributed by atoms with Gasteiger partial charge in [0.05, 0.1) is 5.02 Å². The minimum absolute atomic E-state index is 0.115. The second kappa shape index (κ2) is 5.45. The van der Waals surface area contributed by atoms with E-state index in [0.29, 0.717) is 0 Å². The Hall–Kier alpha value is -1.93. The third-order valence-electron chi connectivity index (χ3n) is 2.51. The first-order valence-corrected chi connectivity index (χ1v) is 7.30. The second-order valence-electron chi connectivity index (χ2n) is 4.02. The molecule has 2 aromatic carbocycles. The van der Waals surface area contributed by atoms with Crippen LogP contribution in [-0.4, -0.2) is 8.42 Å². The molecule has 0 aliphatic rings. The van der Waals surface area contributed by atoms with E-state index < -0.39 is 43.1 Å². The molecule has 3 N–H and O–H groups in total. The predicted molar refractivity (Wildman–Crippen MR) is 73.0 cm³/mol. The molecule has 0 saturated carbocycles. The molecule has 0 spiro atoms. The van der Waals surface area contributed by atoms with Gasteiger partial charge in [0.2, 0.25) is 0 Å². The van der Waals surface area contributed by atoms with Crippen LogP contribution in [0.3, 0.4) is 0 Å². The van der Waals surface area contributed by atoms with E-state index in [1.807, 2.05) is 0 Å². The molecule has 0 saturated heterocycles. The van der Waals surface area contributed by atoms with Crippen molar-refractivity contribution < 1.29 is 21.6 Å². The zero-order valence-electron chi connectivity index (χ0n) is 10.2. The van der Waals surface area contributed by atoms with Crippen LogP contribution < -0.4 is 10.5 Å². The minimum Gasteiger partial charge on any atom is -0.399 e. The minimum atomic E-state index is -4.60. The number of hydrogen-bond donors (Lipinski definition) is 2. The Bertz CT molecular complexity index is 792. The van der Waals surface area contributed by atoms with Crippen molar-refractivity contribution in [2.75, 3.05) is 10.5 Å². The molecule has 2 aromatic rings. The van der Waals surface area contributed by atoms with Crippen LogP contribution in [0.2, 0.25) is 5.02 Å². The van der Waals surface area contributed by atoms with E-state index in [-0.39, 0.29) is 5.69 Å². The number of para-hydroxylation sites is 1. The average molecular weight is 337 g/mol. The molecule has 112 valence electrons. The fourth-order valence-electron chi connectivity index (χ4n) is 1.56. The molecule has 0 amide bonds. The summed E-state index contributed by atoms with van der Waals surface area (Å²) in [5.41, 5.74) is 4.35. The van der Waals surface area contributed by atoms with Gasteiger partial charge in [0.1, 0.15) is 22.2 Å². The summed E-state index contributed by atoms with van der Waals surface area (Å²) >= 11 is 5.50. The lowest BCUT2D eigenvalue weighted by atomic mass is 10.3. The van der Waals surface area contributed by atoms with Gasteiger partial charge >= 0.3 is 0 Å². The number of nitrogens with two attached hydrogens (primary N) is 1. The Morgan fingerprint density at radius 2 is 1.67 bits per heavy atom. The molecule has 0 aromatic heterocycles. The molecule has 0 heterocycles. The molecule has 21 heavy (non-hydrogen) atoms. The van der Waals surface area contributed by atoms with Crippen molar-refractivity contribution in [2.45, 2.75) is 4.90 Å². The van der Waals surface area contributed by atoms with E-state index >= 15 is 0 Å². The summed E-state index contributed by atoms with van der Waals surface area (Å²) in [4.78, 5) is -0.907. The second-order valence-corrected chi connectivity index (χ2v) is 6.08. The van der Waals surface area contributed by atoms with Crippen LogP contribution in [0.15, 0.2) is 35.2 Å². The molecule has 0 bridgehead atoms. The molecule has 0 aliphatic carbocycles. The lowest BCUT2D eigenvalue weighted by Gasteiger charge is -2.11. The van der Waals surface area contributed by atoms with Crippen LogP contribution in [0.1, 0.15) is 0 Å². The van der Waals surface area contributed by atoms with Crippen LogP contribution >= 0.6 is 11.6 Å². The zero-order chi connectivity index (χ0) is 15.8. The lowest BCUT2D eigenvalue weighted by molar-refractivity contribution is 0.566. The summed E-state index contributed by atoms with van der Waals surface area (Å²) in [7, 11) is -4.60. The average Bonchev–Trinajstić information content (AvgIpc) is 2.38. The highest BCUT2D eigenvalue weighted by Crippen LogP contribution is 2.28. The van der Waals surface area contributed by atoms with Gasteiger partial charge in [0.15, 0.2) is 5.82 Å². The van der Waals surface area contributed by atoms with Crippen molar-refractivity contribution >= 4 is 33.0 Å². The maximum Gasteiger partial charge on any atom is 0.265 e. The quantitative estimate of drug-likeness (QED) is 0.846. The predicted octanol–water partition coefficient (Wildman–Crippen LogP) is 3.14. The number of sulfonamides is 1. The van der Waals surface area contributed by atoms with E-state index in [2.05, 4.69) is 0 Å². The van der Waals surface area contributed by atoms with Crippen molar-refractivity contribution in [1.82, 2.24) is 0 Å². The molecule has 0 unspecified atom stereocenters. The number of anilines is 2. The summed E-state index contributed by atoms with van der Waals surface area (Å²) in [5.74, 6) is -3.56. The Kier molecular flexibility index (Phi) is 4.02. The van der Waals surface area contributed by atoms with Gasteiger partial charge in [0.25, 0.3) is 10.0 Å². The third kappa shape index (κ3) is 3.06. The monoisotopic (exact) mass is 336 g/mol. The van der Waals surface area contributed by atoms with Crippen LogP contribution in [0.25, 0.3) is 0 Å². The summed E-state index contributed by atoms with van der Waals surface area (Å²) in [5, 5.41) is -0.524. The number of halogens is 4. The number of rotatable bonds is 3. The van der Waals surface area contributed by atoms with Gasteiger partial charge in [-0.15, -0.1) is 0 Å². The highest BCUT2D eigenvalue weighted by Gasteiger charge is 2.24. The van der Waals surface area contributed by atoms with Crippen molar-refractivity contribution in [3.8, 4) is 0 Å². The van der Waals surface area contributed by atoms with Gasteiger partial charge in [0, 0.05) is 5.69 Å². The Balaban J connectivity index is 2.54. The molecule has 0 fully saturated rings. The van der Waals surface area contributed by atoms with Crippen molar-refractivity contribution in [3.63, 3.8) is 0 Å². The first-order chi connectivity index (χ1) is 9.72. The Morgan fingerprint density at radius 1 is 1.10 bits per heavy atom. The third-order valence-corrected chi connectivity index (χ3v) is 4.13. The van der Waals surface area contributed by atoms with Gasteiger partial charge < -0.3 is 5.73 Å². The maximum absolute atomic E-state index is 13.8. The van der Waals surface area contributed by atoms with E-state index in [9.17, 15) is 21.6 Å². The van der Waals surface area contributed by atoms with Crippen molar-refractivity contribution in [2.24, 2.45) is 0 Å². The van der Waals surface area contributed by atoms with E-state index in [1.165, 1.54) is 0 Å². The first kappa shape index (κ1) is 15.5. The van der Waals surface area contributed by atoms with E-state index in [4.69, 9.17) is 17.3 Å². The molecule has 4 nitrogen and oxygen atoms in total. The zero-order valence-corrected chi connectivity index (χ0v) is 11.8. The molecular weight excluding hydrogens is 329 g/mol. The summed E-state index contributed by atoms with van der Waals surface area (Å²) in [6.45, 7) is 0. The number of nitrogens with one attached hydrogen (secondary N) is 1. The molecular formula is C12H8ClF3N2O2S. The number of hydrogen-bond acceptors (Lipinski definition) is 3. The van der Waals surface area contributed by atoms with Gasteiger partial charge in [-0.05, 0) is 24.3 Å². The molecule has 0 radical (unpaired) electrons. The van der Waals surface area contributed by atoms with Crippen LogP contribution in [0.4, 0.5) is 24.5 Å². The highest BCUT2D eigenvalue weighted by atomic mass is 35.5. The van der Waals surface area contributed by atoms with Gasteiger partial charge in [-0.2, -0.15) is 0 Å². The largest absolute Gasteiger partial charge is 0.399 e. The normalized spacial score (nSPS) is 11.4. The van der Waals surface area contributed by atoms with Crippen LogP contribution in [0, 0.1) is 17.5 Å². The molecule has 9 heteroatoms. The smallest absolute Gasteiger partial charge is 0.265 e. The standard InChI is InChI=1S/C12H8ClF3N2O2S/c13-7-4-6(17)5-10(11(7)16)21(19,20)18-12-8(14)2-1-3-9(12)15/h1-5,18H,17H2. The Labute approximate surface area is 123 Å². The topological polar surface area (TPSA) is 72.2 Å². The lowest BCUT2D eigenvalue weighted by Crippen LogP contribution is -2.17. The number of nitrogen functional groups attached to an aromatic ring is 1. The van der Waals surface area contributed by atoms with E-state index in [1.54, 1.807) is 4.72 Å². The summed E-state index contributed by atoms with van der Waals surface area (Å²) in [6, 6.07) is 4.57. The van der Waals surface area contributed by atoms with Gasteiger partial charge in [-0.1, -0.05) is 17.7 Å². The Morgan fingerprint density at radius 3 is 2.24 bits per heavy atom. The fraction of sp³-hybridized carbons (Fsp3) is 0. The molecule has 2 rings (SSSR count). The van der Waals surface area contributed by atoms with Crippen LogP contribution in [0.5, 0.6) is 0 Å². The van der Waals surface area contributed by atoms with E-state index in [0.717, 1.165) is 30.3 Å². The highest BCUT2D eigenvalue weighted by molar-refractivity contribution is 7.92. The van der Waals surface area contributed by atoms with Gasteiger partial charge in [-0.25, -0.2) is 21.6 Å². The summed E-state index contributed by atoms with van der Waals surface area (Å²) < 4.78 is 66.4. The van der Waals surface area contributed by atoms with Crippen molar-refractivity contribution in [3.05, 3.63) is 52.8 Å². The first-order valence-electron chi connectivity index (χ1n) is 5.43. The number of benzene rings is 2. The molecule has 0 aliphatic heterocycles. The summed E-state index contributed by atoms with van der Waals surface area (Å²) in [6.07, 6.45) is 0. The maximum atomic E-state index is 13.8. The van der Waals surface area contributed by atoms with Crippen molar-refractivity contribution in [1.29, 1.82) is 0 Å². The fourth-order valence-corrected chi connectivity index (χ4v) is 3.06.